The largest absolute Gasteiger partial charge is 0.507 e. The van der Waals surface area contributed by atoms with Gasteiger partial charge in [0.05, 0.1) is 11.3 Å². The minimum atomic E-state index is -1.19. The van der Waals surface area contributed by atoms with Gasteiger partial charge in [-0.1, -0.05) is 26.0 Å². The number of carbonyl (C=O) groups is 1. The van der Waals surface area contributed by atoms with Crippen molar-refractivity contribution in [2.45, 2.75) is 19.8 Å². The molecule has 88 valence electrons. The Morgan fingerprint density at radius 1 is 1.44 bits per heavy atom. The van der Waals surface area contributed by atoms with Gasteiger partial charge in [0.25, 0.3) is 0 Å². The standard InChI is InChI=1S/C12H16O3S/c1-8(2)9-5-4-6-10(13)12(9)11(14)7-16(3)15/h4-6,8,13H,7H2,1-3H3. The average molecular weight is 240 g/mol. The number of phenols is 1. The highest BCUT2D eigenvalue weighted by molar-refractivity contribution is 7.85. The Morgan fingerprint density at radius 2 is 2.06 bits per heavy atom. The zero-order valence-corrected chi connectivity index (χ0v) is 10.5. The number of hydrogen-bond donors (Lipinski definition) is 1. The van der Waals surface area contributed by atoms with Crippen molar-refractivity contribution < 1.29 is 14.1 Å². The van der Waals surface area contributed by atoms with Crippen LogP contribution in [0.1, 0.15) is 35.7 Å². The van der Waals surface area contributed by atoms with Crippen LogP contribution in [0.15, 0.2) is 18.2 Å². The first-order chi connectivity index (χ1) is 7.43. The Balaban J connectivity index is 3.19. The summed E-state index contributed by atoms with van der Waals surface area (Å²) in [4.78, 5) is 11.8. The van der Waals surface area contributed by atoms with Gasteiger partial charge in [-0.25, -0.2) is 0 Å². The van der Waals surface area contributed by atoms with Gasteiger partial charge in [0.15, 0.2) is 5.78 Å². The molecule has 0 bridgehead atoms. The van der Waals surface area contributed by atoms with Crippen molar-refractivity contribution in [1.29, 1.82) is 0 Å². The topological polar surface area (TPSA) is 54.4 Å². The van der Waals surface area contributed by atoms with E-state index in [2.05, 4.69) is 0 Å². The van der Waals surface area contributed by atoms with E-state index in [4.69, 9.17) is 0 Å². The van der Waals surface area contributed by atoms with Gasteiger partial charge in [-0.15, -0.1) is 0 Å². The van der Waals surface area contributed by atoms with Gasteiger partial charge in [0, 0.05) is 17.1 Å². The van der Waals surface area contributed by atoms with Crippen LogP contribution < -0.4 is 0 Å². The fourth-order valence-electron chi connectivity index (χ4n) is 1.60. The normalized spacial score (nSPS) is 12.8. The molecule has 0 aliphatic carbocycles. The average Bonchev–Trinajstić information content (AvgIpc) is 2.15. The van der Waals surface area contributed by atoms with Gasteiger partial charge in [0.1, 0.15) is 5.75 Å². The lowest BCUT2D eigenvalue weighted by Gasteiger charge is -2.12. The van der Waals surface area contributed by atoms with Gasteiger partial charge < -0.3 is 5.11 Å². The molecule has 0 aliphatic heterocycles. The summed E-state index contributed by atoms with van der Waals surface area (Å²) in [5, 5.41) is 9.70. The van der Waals surface area contributed by atoms with E-state index >= 15 is 0 Å². The number of carbonyl (C=O) groups excluding carboxylic acids is 1. The van der Waals surface area contributed by atoms with Gasteiger partial charge in [-0.2, -0.15) is 0 Å². The summed E-state index contributed by atoms with van der Waals surface area (Å²) >= 11 is 0. The molecule has 0 radical (unpaired) electrons. The van der Waals surface area contributed by atoms with Crippen LogP contribution in [0.3, 0.4) is 0 Å². The first-order valence-corrected chi connectivity index (χ1v) is 6.81. The lowest BCUT2D eigenvalue weighted by Crippen LogP contribution is -2.13. The van der Waals surface area contributed by atoms with Crippen LogP contribution in [0.2, 0.25) is 0 Å². The van der Waals surface area contributed by atoms with E-state index < -0.39 is 10.8 Å². The van der Waals surface area contributed by atoms with Crippen molar-refractivity contribution in [2.24, 2.45) is 0 Å². The maximum absolute atomic E-state index is 11.8. The molecular weight excluding hydrogens is 224 g/mol. The van der Waals surface area contributed by atoms with Crippen molar-refractivity contribution in [3.05, 3.63) is 29.3 Å². The van der Waals surface area contributed by atoms with Gasteiger partial charge in [-0.05, 0) is 17.5 Å². The van der Waals surface area contributed by atoms with Crippen LogP contribution in [0.25, 0.3) is 0 Å². The molecule has 1 aromatic rings. The smallest absolute Gasteiger partial charge is 0.179 e. The third-order valence-electron chi connectivity index (χ3n) is 2.31. The molecule has 0 fully saturated rings. The van der Waals surface area contributed by atoms with E-state index in [1.807, 2.05) is 19.9 Å². The molecule has 0 saturated carbocycles. The van der Waals surface area contributed by atoms with E-state index in [1.165, 1.54) is 12.3 Å². The summed E-state index contributed by atoms with van der Waals surface area (Å²) in [6.07, 6.45) is 1.48. The second-order valence-corrected chi connectivity index (χ2v) is 5.47. The zero-order chi connectivity index (χ0) is 12.3. The number of hydrogen-bond acceptors (Lipinski definition) is 3. The predicted octanol–water partition coefficient (Wildman–Crippen LogP) is 2.08. The monoisotopic (exact) mass is 240 g/mol. The third-order valence-corrected chi connectivity index (χ3v) is 2.98. The summed E-state index contributed by atoms with van der Waals surface area (Å²) in [7, 11) is -1.19. The molecular formula is C12H16O3S. The molecule has 16 heavy (non-hydrogen) atoms. The quantitative estimate of drug-likeness (QED) is 0.820. The Hall–Kier alpha value is -1.16. The maximum Gasteiger partial charge on any atom is 0.179 e. The summed E-state index contributed by atoms with van der Waals surface area (Å²) in [6, 6.07) is 5.01. The van der Waals surface area contributed by atoms with Crippen LogP contribution in [-0.4, -0.2) is 27.1 Å². The first-order valence-electron chi connectivity index (χ1n) is 5.08. The highest BCUT2D eigenvalue weighted by atomic mass is 32.2. The molecule has 1 atom stereocenters. The van der Waals surface area contributed by atoms with Crippen molar-refractivity contribution in [3.8, 4) is 5.75 Å². The summed E-state index contributed by atoms with van der Waals surface area (Å²) in [5.41, 5.74) is 1.11. The van der Waals surface area contributed by atoms with E-state index in [1.54, 1.807) is 6.07 Å². The van der Waals surface area contributed by atoms with Crippen molar-refractivity contribution in [1.82, 2.24) is 0 Å². The lowest BCUT2D eigenvalue weighted by molar-refractivity contribution is 0.101. The molecule has 0 aliphatic rings. The Kier molecular flexibility index (Phi) is 4.24. The number of aromatic hydroxyl groups is 1. The van der Waals surface area contributed by atoms with Gasteiger partial charge in [0.2, 0.25) is 0 Å². The van der Waals surface area contributed by atoms with E-state index in [0.717, 1.165) is 5.56 Å². The predicted molar refractivity (Wildman–Crippen MR) is 65.5 cm³/mol. The summed E-state index contributed by atoms with van der Waals surface area (Å²) in [6.45, 7) is 3.91. The van der Waals surface area contributed by atoms with Gasteiger partial charge >= 0.3 is 0 Å². The van der Waals surface area contributed by atoms with Gasteiger partial charge in [-0.3, -0.25) is 9.00 Å². The highest BCUT2D eigenvalue weighted by Crippen LogP contribution is 2.27. The third kappa shape index (κ3) is 2.92. The Bertz CT molecular complexity index is 424. The second kappa shape index (κ2) is 5.25. The zero-order valence-electron chi connectivity index (χ0n) is 9.69. The van der Waals surface area contributed by atoms with Crippen LogP contribution >= 0.6 is 0 Å². The molecule has 1 aromatic carbocycles. The van der Waals surface area contributed by atoms with Crippen molar-refractivity contribution in [2.75, 3.05) is 12.0 Å². The van der Waals surface area contributed by atoms with Crippen molar-refractivity contribution in [3.63, 3.8) is 0 Å². The van der Waals surface area contributed by atoms with E-state index in [9.17, 15) is 14.1 Å². The molecule has 0 amide bonds. The van der Waals surface area contributed by atoms with Crippen LogP contribution in [0.5, 0.6) is 5.75 Å². The van der Waals surface area contributed by atoms with E-state index in [-0.39, 0.29) is 23.2 Å². The SMILES string of the molecule is CC(C)c1cccc(O)c1C(=O)CS(C)=O. The van der Waals surface area contributed by atoms with Crippen LogP contribution in [-0.2, 0) is 10.8 Å². The number of phenolic OH excluding ortho intramolecular Hbond substituents is 1. The summed E-state index contributed by atoms with van der Waals surface area (Å²) in [5.74, 6) is -0.183. The molecule has 0 spiro atoms. The Labute approximate surface area is 98.0 Å². The molecule has 4 heteroatoms. The summed E-state index contributed by atoms with van der Waals surface area (Å²) < 4.78 is 11.0. The fourth-order valence-corrected chi connectivity index (χ4v) is 2.11. The minimum Gasteiger partial charge on any atom is -0.507 e. The molecule has 0 heterocycles. The molecule has 3 nitrogen and oxygen atoms in total. The van der Waals surface area contributed by atoms with Crippen LogP contribution in [0.4, 0.5) is 0 Å². The van der Waals surface area contributed by atoms with E-state index in [0.29, 0.717) is 5.56 Å². The van der Waals surface area contributed by atoms with Crippen LogP contribution in [0, 0.1) is 0 Å². The molecule has 1 unspecified atom stereocenters. The number of benzene rings is 1. The number of rotatable bonds is 4. The molecule has 1 rings (SSSR count). The Morgan fingerprint density at radius 3 is 2.56 bits per heavy atom. The fraction of sp³-hybridized carbons (Fsp3) is 0.417. The second-order valence-electron chi connectivity index (χ2n) is 4.04. The molecule has 0 saturated heterocycles. The minimum absolute atomic E-state index is 0.0262. The number of ketones is 1. The molecule has 1 N–H and O–H groups in total. The lowest BCUT2D eigenvalue weighted by atomic mass is 9.94. The highest BCUT2D eigenvalue weighted by Gasteiger charge is 2.18. The first kappa shape index (κ1) is 12.9. The van der Waals surface area contributed by atoms with Crippen molar-refractivity contribution >= 4 is 16.6 Å². The molecule has 0 aromatic heterocycles. The maximum atomic E-state index is 11.8. The number of Topliss-reactive ketones (excluding diaryl/α,β-unsaturated/α-hetero) is 1.